The molecule has 0 saturated carbocycles. The van der Waals surface area contributed by atoms with Crippen LogP contribution < -0.4 is 4.74 Å². The first kappa shape index (κ1) is 21.8. The number of esters is 1. The molecule has 152 valence electrons. The summed E-state index contributed by atoms with van der Waals surface area (Å²) in [6.45, 7) is 6.02. The number of carbonyl (C=O) groups is 2. The van der Waals surface area contributed by atoms with Gasteiger partial charge in [-0.05, 0) is 38.5 Å². The van der Waals surface area contributed by atoms with Crippen molar-refractivity contribution in [1.82, 2.24) is 9.88 Å². The van der Waals surface area contributed by atoms with Crippen LogP contribution in [0.4, 0.5) is 0 Å². The SMILES string of the molecule is CCOCCCN(Cc1nc(C(=O)OCC)cs1)C(=O)c1cccc(OC)c1. The van der Waals surface area contributed by atoms with Crippen molar-refractivity contribution in [2.75, 3.05) is 33.5 Å². The summed E-state index contributed by atoms with van der Waals surface area (Å²) in [5.74, 6) is 0.0502. The van der Waals surface area contributed by atoms with Gasteiger partial charge in [-0.3, -0.25) is 4.79 Å². The van der Waals surface area contributed by atoms with Crippen LogP contribution >= 0.6 is 11.3 Å². The average Bonchev–Trinajstić information content (AvgIpc) is 3.18. The van der Waals surface area contributed by atoms with E-state index in [1.807, 2.05) is 6.92 Å². The molecular formula is C20H26N2O5S. The molecule has 0 aliphatic heterocycles. The van der Waals surface area contributed by atoms with E-state index in [9.17, 15) is 9.59 Å². The average molecular weight is 407 g/mol. The second-order valence-corrected chi connectivity index (χ2v) is 6.80. The molecule has 0 spiro atoms. The maximum Gasteiger partial charge on any atom is 0.357 e. The van der Waals surface area contributed by atoms with Gasteiger partial charge in [0.1, 0.15) is 10.8 Å². The second-order valence-electron chi connectivity index (χ2n) is 5.86. The van der Waals surface area contributed by atoms with Gasteiger partial charge in [0.15, 0.2) is 5.69 Å². The number of thiazole rings is 1. The van der Waals surface area contributed by atoms with E-state index < -0.39 is 5.97 Å². The molecular weight excluding hydrogens is 380 g/mol. The predicted octanol–water partition coefficient (Wildman–Crippen LogP) is 3.40. The number of rotatable bonds is 11. The van der Waals surface area contributed by atoms with Gasteiger partial charge in [-0.2, -0.15) is 0 Å². The van der Waals surface area contributed by atoms with E-state index in [0.717, 1.165) is 0 Å². The zero-order valence-electron chi connectivity index (χ0n) is 16.5. The van der Waals surface area contributed by atoms with Crippen LogP contribution in [0.1, 0.15) is 46.1 Å². The minimum absolute atomic E-state index is 0.122. The molecule has 1 amide bonds. The number of amides is 1. The third-order valence-electron chi connectivity index (χ3n) is 3.89. The molecule has 0 aliphatic rings. The number of aromatic nitrogens is 1. The molecule has 7 nitrogen and oxygen atoms in total. The smallest absolute Gasteiger partial charge is 0.357 e. The van der Waals surface area contributed by atoms with Gasteiger partial charge in [-0.1, -0.05) is 6.07 Å². The van der Waals surface area contributed by atoms with E-state index in [1.54, 1.807) is 48.6 Å². The predicted molar refractivity (Wildman–Crippen MR) is 107 cm³/mol. The maximum absolute atomic E-state index is 13.0. The maximum atomic E-state index is 13.0. The van der Waals surface area contributed by atoms with Crippen LogP contribution in [0.25, 0.3) is 0 Å². The van der Waals surface area contributed by atoms with Crippen molar-refractivity contribution >= 4 is 23.2 Å². The van der Waals surface area contributed by atoms with Gasteiger partial charge in [-0.25, -0.2) is 9.78 Å². The van der Waals surface area contributed by atoms with Crippen molar-refractivity contribution < 1.29 is 23.8 Å². The number of hydrogen-bond acceptors (Lipinski definition) is 7. The molecule has 0 fully saturated rings. The molecule has 2 aromatic rings. The Hall–Kier alpha value is -2.45. The van der Waals surface area contributed by atoms with Crippen LogP contribution in [0.3, 0.4) is 0 Å². The van der Waals surface area contributed by atoms with Crippen LogP contribution in [-0.4, -0.2) is 55.2 Å². The number of methoxy groups -OCH3 is 1. The van der Waals surface area contributed by atoms with Gasteiger partial charge in [0.25, 0.3) is 5.91 Å². The fourth-order valence-corrected chi connectivity index (χ4v) is 3.32. The summed E-state index contributed by atoms with van der Waals surface area (Å²) in [6, 6.07) is 7.05. The van der Waals surface area contributed by atoms with E-state index in [1.165, 1.54) is 11.3 Å². The monoisotopic (exact) mass is 406 g/mol. The molecule has 0 bridgehead atoms. The molecule has 0 atom stereocenters. The van der Waals surface area contributed by atoms with E-state index in [-0.39, 0.29) is 11.6 Å². The quantitative estimate of drug-likeness (QED) is 0.420. The summed E-state index contributed by atoms with van der Waals surface area (Å²) in [5.41, 5.74) is 0.808. The summed E-state index contributed by atoms with van der Waals surface area (Å²) < 4.78 is 15.6. The highest BCUT2D eigenvalue weighted by Gasteiger charge is 2.19. The van der Waals surface area contributed by atoms with Crippen molar-refractivity contribution in [3.8, 4) is 5.75 Å². The summed E-state index contributed by atoms with van der Waals surface area (Å²) in [6.07, 6.45) is 0.708. The highest BCUT2D eigenvalue weighted by molar-refractivity contribution is 7.09. The number of carbonyl (C=O) groups excluding carboxylic acids is 2. The molecule has 8 heteroatoms. The topological polar surface area (TPSA) is 78.0 Å². The van der Waals surface area contributed by atoms with Crippen molar-refractivity contribution in [1.29, 1.82) is 0 Å². The second kappa shape index (κ2) is 11.4. The van der Waals surface area contributed by atoms with Crippen LogP contribution in [0.15, 0.2) is 29.6 Å². The molecule has 28 heavy (non-hydrogen) atoms. The Bertz CT molecular complexity index is 777. The van der Waals surface area contributed by atoms with E-state index in [4.69, 9.17) is 14.2 Å². The first-order chi connectivity index (χ1) is 13.6. The molecule has 0 unspecified atom stereocenters. The number of benzene rings is 1. The number of hydrogen-bond donors (Lipinski definition) is 0. The highest BCUT2D eigenvalue weighted by atomic mass is 32.1. The highest BCUT2D eigenvalue weighted by Crippen LogP contribution is 2.18. The van der Waals surface area contributed by atoms with E-state index in [0.29, 0.717) is 55.7 Å². The fourth-order valence-electron chi connectivity index (χ4n) is 2.54. The first-order valence-corrected chi connectivity index (χ1v) is 10.1. The van der Waals surface area contributed by atoms with Gasteiger partial charge >= 0.3 is 5.97 Å². The molecule has 0 radical (unpaired) electrons. The summed E-state index contributed by atoms with van der Waals surface area (Å²) in [7, 11) is 1.57. The normalized spacial score (nSPS) is 10.5. The lowest BCUT2D eigenvalue weighted by Crippen LogP contribution is -2.32. The Morgan fingerprint density at radius 3 is 2.75 bits per heavy atom. The lowest BCUT2D eigenvalue weighted by molar-refractivity contribution is 0.0520. The minimum Gasteiger partial charge on any atom is -0.497 e. The van der Waals surface area contributed by atoms with Gasteiger partial charge in [-0.15, -0.1) is 11.3 Å². The van der Waals surface area contributed by atoms with Crippen molar-refractivity contribution in [2.24, 2.45) is 0 Å². The lowest BCUT2D eigenvalue weighted by Gasteiger charge is -2.22. The number of ether oxygens (including phenoxy) is 3. The summed E-state index contributed by atoms with van der Waals surface area (Å²) in [4.78, 5) is 30.9. The van der Waals surface area contributed by atoms with Crippen LogP contribution in [-0.2, 0) is 16.0 Å². The molecule has 0 saturated heterocycles. The first-order valence-electron chi connectivity index (χ1n) is 9.21. The van der Waals surface area contributed by atoms with Gasteiger partial charge in [0.05, 0.1) is 20.3 Å². The van der Waals surface area contributed by atoms with Crippen LogP contribution in [0.5, 0.6) is 5.75 Å². The van der Waals surface area contributed by atoms with Gasteiger partial charge in [0, 0.05) is 30.7 Å². The minimum atomic E-state index is -0.452. The molecule has 2 rings (SSSR count). The zero-order valence-corrected chi connectivity index (χ0v) is 17.3. The van der Waals surface area contributed by atoms with Crippen molar-refractivity contribution in [3.05, 3.63) is 45.9 Å². The van der Waals surface area contributed by atoms with Crippen LogP contribution in [0.2, 0.25) is 0 Å². The lowest BCUT2D eigenvalue weighted by atomic mass is 10.2. The molecule has 0 N–H and O–H groups in total. The molecule has 0 aliphatic carbocycles. The van der Waals surface area contributed by atoms with Crippen LogP contribution in [0, 0.1) is 0 Å². The van der Waals surface area contributed by atoms with Gasteiger partial charge < -0.3 is 19.1 Å². The fraction of sp³-hybridized carbons (Fsp3) is 0.450. The third kappa shape index (κ3) is 6.31. The molecule has 1 aromatic carbocycles. The van der Waals surface area contributed by atoms with E-state index in [2.05, 4.69) is 4.98 Å². The Balaban J connectivity index is 2.14. The standard InChI is InChI=1S/C20H26N2O5S/c1-4-26-11-7-10-22(19(23)15-8-6-9-16(12-15)25-3)13-18-21-17(14-28-18)20(24)27-5-2/h6,8-9,12,14H,4-5,7,10-11,13H2,1-3H3. The zero-order chi connectivity index (χ0) is 20.4. The Morgan fingerprint density at radius 1 is 1.21 bits per heavy atom. The Labute approximate surface area is 169 Å². The molecule has 1 aromatic heterocycles. The third-order valence-corrected chi connectivity index (χ3v) is 4.72. The van der Waals surface area contributed by atoms with Gasteiger partial charge in [0.2, 0.25) is 0 Å². The molecule has 1 heterocycles. The summed E-state index contributed by atoms with van der Waals surface area (Å²) in [5, 5.41) is 2.33. The largest absolute Gasteiger partial charge is 0.497 e. The number of nitrogens with zero attached hydrogens (tertiary/aromatic N) is 2. The Morgan fingerprint density at radius 2 is 2.04 bits per heavy atom. The Kier molecular flexibility index (Phi) is 8.90. The van der Waals surface area contributed by atoms with Crippen molar-refractivity contribution in [3.63, 3.8) is 0 Å². The van der Waals surface area contributed by atoms with E-state index >= 15 is 0 Å². The summed E-state index contributed by atoms with van der Waals surface area (Å²) >= 11 is 1.33. The van der Waals surface area contributed by atoms with Crippen molar-refractivity contribution in [2.45, 2.75) is 26.8 Å².